The Kier molecular flexibility index (Phi) is 7.42. The van der Waals surface area contributed by atoms with Crippen molar-refractivity contribution in [2.45, 2.75) is 47.5 Å². The summed E-state index contributed by atoms with van der Waals surface area (Å²) in [5.41, 5.74) is 4.00. The first-order chi connectivity index (χ1) is 11.0. The van der Waals surface area contributed by atoms with E-state index >= 15 is 0 Å². The van der Waals surface area contributed by atoms with Crippen LogP contribution in [0, 0.1) is 26.7 Å². The summed E-state index contributed by atoms with van der Waals surface area (Å²) in [5.74, 6) is 0.254. The first-order valence-electron chi connectivity index (χ1n) is 8.33. The van der Waals surface area contributed by atoms with Crippen molar-refractivity contribution < 1.29 is 13.2 Å². The van der Waals surface area contributed by atoms with Gasteiger partial charge in [-0.3, -0.25) is 4.79 Å². The molecule has 5 nitrogen and oxygen atoms in total. The summed E-state index contributed by atoms with van der Waals surface area (Å²) in [5, 5.41) is 2.92. The van der Waals surface area contributed by atoms with E-state index in [1.807, 2.05) is 32.9 Å². The van der Waals surface area contributed by atoms with Gasteiger partial charge in [-0.1, -0.05) is 31.5 Å². The predicted molar refractivity (Wildman–Crippen MR) is 99.8 cm³/mol. The van der Waals surface area contributed by atoms with E-state index in [2.05, 4.69) is 19.2 Å². The summed E-state index contributed by atoms with van der Waals surface area (Å²) < 4.78 is 25.1. The Bertz CT molecular complexity index is 658. The number of aryl methyl sites for hydroxylation is 3. The van der Waals surface area contributed by atoms with E-state index in [0.29, 0.717) is 12.5 Å². The van der Waals surface area contributed by atoms with Crippen molar-refractivity contribution in [1.82, 2.24) is 4.31 Å². The fourth-order valence-electron chi connectivity index (χ4n) is 2.65. The van der Waals surface area contributed by atoms with Gasteiger partial charge in [0.25, 0.3) is 0 Å². The van der Waals surface area contributed by atoms with Crippen molar-refractivity contribution in [3.8, 4) is 0 Å². The molecule has 0 aliphatic heterocycles. The lowest BCUT2D eigenvalue weighted by Crippen LogP contribution is -2.34. The van der Waals surface area contributed by atoms with Gasteiger partial charge in [-0.15, -0.1) is 0 Å². The number of hydrogen-bond donors (Lipinski definition) is 1. The summed E-state index contributed by atoms with van der Waals surface area (Å²) in [6, 6.07) is 4.04. The van der Waals surface area contributed by atoms with Gasteiger partial charge in [0.2, 0.25) is 15.9 Å². The average Bonchev–Trinajstić information content (AvgIpc) is 2.40. The van der Waals surface area contributed by atoms with Crippen LogP contribution >= 0.6 is 0 Å². The van der Waals surface area contributed by atoms with Crippen LogP contribution in [0.2, 0.25) is 0 Å². The van der Waals surface area contributed by atoms with Crippen molar-refractivity contribution in [3.63, 3.8) is 0 Å². The van der Waals surface area contributed by atoms with Gasteiger partial charge in [0.05, 0.1) is 6.26 Å². The van der Waals surface area contributed by atoms with Crippen LogP contribution in [0.5, 0.6) is 0 Å². The fourth-order valence-corrected chi connectivity index (χ4v) is 3.51. The van der Waals surface area contributed by atoms with Crippen LogP contribution in [0.25, 0.3) is 0 Å². The van der Waals surface area contributed by atoms with Gasteiger partial charge in [0.15, 0.2) is 0 Å². The van der Waals surface area contributed by atoms with Crippen molar-refractivity contribution in [1.29, 1.82) is 0 Å². The molecule has 0 saturated carbocycles. The summed E-state index contributed by atoms with van der Waals surface area (Å²) in [6.07, 6.45) is 2.13. The van der Waals surface area contributed by atoms with Crippen molar-refractivity contribution >= 4 is 21.6 Å². The highest BCUT2D eigenvalue weighted by atomic mass is 32.2. The smallest absolute Gasteiger partial charge is 0.225 e. The minimum Gasteiger partial charge on any atom is -0.326 e. The van der Waals surface area contributed by atoms with Crippen LogP contribution in [0.3, 0.4) is 0 Å². The number of nitrogens with zero attached hydrogens (tertiary/aromatic N) is 1. The Morgan fingerprint density at radius 3 is 2.12 bits per heavy atom. The first kappa shape index (κ1) is 20.6. The molecule has 0 spiro atoms. The summed E-state index contributed by atoms with van der Waals surface area (Å²) >= 11 is 0. The molecule has 1 aromatic carbocycles. The van der Waals surface area contributed by atoms with E-state index in [1.54, 1.807) is 0 Å². The number of carbonyl (C=O) groups is 1. The highest BCUT2D eigenvalue weighted by Crippen LogP contribution is 2.22. The summed E-state index contributed by atoms with van der Waals surface area (Å²) in [4.78, 5) is 12.2. The summed E-state index contributed by atoms with van der Waals surface area (Å²) in [6.45, 7) is 10.7. The molecule has 0 aliphatic carbocycles. The van der Waals surface area contributed by atoms with Gasteiger partial charge < -0.3 is 5.32 Å². The molecule has 0 unspecified atom stereocenters. The second-order valence-corrected chi connectivity index (χ2v) is 8.90. The Morgan fingerprint density at radius 2 is 1.67 bits per heavy atom. The number of rotatable bonds is 8. The number of sulfonamides is 1. The highest BCUT2D eigenvalue weighted by molar-refractivity contribution is 7.88. The third-order valence-electron chi connectivity index (χ3n) is 3.95. The second kappa shape index (κ2) is 8.62. The summed E-state index contributed by atoms with van der Waals surface area (Å²) in [7, 11) is -3.30. The molecule has 1 N–H and O–H groups in total. The Balaban J connectivity index is 2.70. The van der Waals surface area contributed by atoms with Crippen molar-refractivity contribution in [2.24, 2.45) is 5.92 Å². The third-order valence-corrected chi connectivity index (χ3v) is 5.26. The quantitative estimate of drug-likeness (QED) is 0.779. The van der Waals surface area contributed by atoms with Crippen LogP contribution in [0.15, 0.2) is 12.1 Å². The molecular formula is C18H30N2O3S. The number of amides is 1. The number of anilines is 1. The molecule has 1 rings (SSSR count). The molecule has 24 heavy (non-hydrogen) atoms. The monoisotopic (exact) mass is 354 g/mol. The molecule has 0 atom stereocenters. The van der Waals surface area contributed by atoms with Crippen LogP contribution in [-0.2, 0) is 14.8 Å². The van der Waals surface area contributed by atoms with Crippen LogP contribution in [-0.4, -0.2) is 38.0 Å². The zero-order valence-corrected chi connectivity index (χ0v) is 16.5. The molecule has 0 aromatic heterocycles. The minimum atomic E-state index is -3.30. The predicted octanol–water partition coefficient (Wildman–Crippen LogP) is 3.25. The molecule has 6 heteroatoms. The van der Waals surface area contributed by atoms with Crippen molar-refractivity contribution in [3.05, 3.63) is 28.8 Å². The van der Waals surface area contributed by atoms with Gasteiger partial charge >= 0.3 is 0 Å². The number of benzene rings is 1. The maximum atomic E-state index is 12.2. The largest absolute Gasteiger partial charge is 0.326 e. The lowest BCUT2D eigenvalue weighted by atomic mass is 10.1. The number of carbonyl (C=O) groups excluding carboxylic acids is 1. The number of nitrogens with one attached hydrogen (secondary N) is 1. The molecule has 0 saturated heterocycles. The molecule has 0 bridgehead atoms. The molecular weight excluding hydrogens is 324 g/mol. The molecule has 1 aromatic rings. The van der Waals surface area contributed by atoms with E-state index < -0.39 is 10.0 Å². The topological polar surface area (TPSA) is 66.5 Å². The zero-order valence-electron chi connectivity index (χ0n) is 15.6. The average molecular weight is 355 g/mol. The Labute approximate surface area is 146 Å². The van der Waals surface area contributed by atoms with E-state index in [0.717, 1.165) is 28.8 Å². The van der Waals surface area contributed by atoms with Gasteiger partial charge in [-0.05, 0) is 44.2 Å². The Hall–Kier alpha value is -1.40. The highest BCUT2D eigenvalue weighted by Gasteiger charge is 2.18. The maximum Gasteiger partial charge on any atom is 0.225 e. The van der Waals surface area contributed by atoms with Crippen LogP contribution < -0.4 is 5.32 Å². The minimum absolute atomic E-state index is 0.151. The third kappa shape index (κ3) is 6.61. The molecule has 0 radical (unpaired) electrons. The van der Waals surface area contributed by atoms with Gasteiger partial charge in [0.1, 0.15) is 0 Å². The van der Waals surface area contributed by atoms with Crippen LogP contribution in [0.4, 0.5) is 5.69 Å². The molecule has 0 fully saturated rings. The zero-order chi connectivity index (χ0) is 18.5. The lowest BCUT2D eigenvalue weighted by molar-refractivity contribution is -0.116. The van der Waals surface area contributed by atoms with Gasteiger partial charge in [-0.2, -0.15) is 0 Å². The van der Waals surface area contributed by atoms with Gasteiger partial charge in [-0.25, -0.2) is 12.7 Å². The van der Waals surface area contributed by atoms with E-state index in [1.165, 1.54) is 10.6 Å². The molecule has 136 valence electrons. The first-order valence-corrected chi connectivity index (χ1v) is 10.2. The molecule has 0 heterocycles. The van der Waals surface area contributed by atoms with Gasteiger partial charge in [0, 0.05) is 25.2 Å². The van der Waals surface area contributed by atoms with E-state index in [9.17, 15) is 13.2 Å². The van der Waals surface area contributed by atoms with Crippen LogP contribution in [0.1, 0.15) is 43.4 Å². The second-order valence-electron chi connectivity index (χ2n) is 6.92. The molecule has 0 aliphatic rings. The Morgan fingerprint density at radius 1 is 1.12 bits per heavy atom. The van der Waals surface area contributed by atoms with E-state index in [-0.39, 0.29) is 18.9 Å². The normalized spacial score (nSPS) is 12.0. The van der Waals surface area contributed by atoms with Crippen molar-refractivity contribution in [2.75, 3.05) is 24.7 Å². The molecule has 1 amide bonds. The van der Waals surface area contributed by atoms with E-state index in [4.69, 9.17) is 0 Å². The lowest BCUT2D eigenvalue weighted by Gasteiger charge is -2.21. The SMILES string of the molecule is Cc1cc(C)c(NC(=O)CCN(CCC(C)C)S(C)(=O)=O)c(C)c1. The maximum absolute atomic E-state index is 12.2. The number of hydrogen-bond acceptors (Lipinski definition) is 3. The fraction of sp³-hybridized carbons (Fsp3) is 0.611. The standard InChI is InChI=1S/C18H30N2O3S/c1-13(2)7-9-20(24(6,22)23)10-8-17(21)19-18-15(4)11-14(3)12-16(18)5/h11-13H,7-10H2,1-6H3,(H,19,21).